The molecule has 0 radical (unpaired) electrons. The Kier molecular flexibility index (Phi) is 3.35. The molecule has 0 spiro atoms. The minimum atomic E-state index is -0.462. The first-order chi connectivity index (χ1) is 9.66. The van der Waals surface area contributed by atoms with E-state index in [1.165, 1.54) is 17.0 Å². The minimum absolute atomic E-state index is 0.179. The summed E-state index contributed by atoms with van der Waals surface area (Å²) in [6.45, 7) is 1.80. The fourth-order valence-electron chi connectivity index (χ4n) is 2.64. The van der Waals surface area contributed by atoms with E-state index in [1.807, 2.05) is 0 Å². The summed E-state index contributed by atoms with van der Waals surface area (Å²) < 4.78 is 1.53. The molecule has 2 aromatic heterocycles. The predicted molar refractivity (Wildman–Crippen MR) is 71.2 cm³/mol. The van der Waals surface area contributed by atoms with Gasteiger partial charge in [0.15, 0.2) is 0 Å². The third kappa shape index (κ3) is 2.24. The Hall–Kier alpha value is -2.02. The molecular formula is C13H17N5O2. The first-order valence-corrected chi connectivity index (χ1v) is 6.81. The molecule has 2 heterocycles. The molecular weight excluding hydrogens is 258 g/mol. The lowest BCUT2D eigenvalue weighted by Gasteiger charge is -2.28. The van der Waals surface area contributed by atoms with Crippen LogP contribution in [0.3, 0.4) is 0 Å². The number of amides is 1. The molecule has 2 N–H and O–H groups in total. The summed E-state index contributed by atoms with van der Waals surface area (Å²) in [7, 11) is 0. The molecule has 2 atom stereocenters. The zero-order valence-electron chi connectivity index (χ0n) is 11.3. The van der Waals surface area contributed by atoms with Gasteiger partial charge in [-0.25, -0.2) is 9.50 Å². The van der Waals surface area contributed by atoms with Gasteiger partial charge in [0.2, 0.25) is 0 Å². The highest BCUT2D eigenvalue weighted by molar-refractivity contribution is 5.95. The molecule has 1 aliphatic carbocycles. The molecule has 1 aliphatic rings. The van der Waals surface area contributed by atoms with Gasteiger partial charge in [0, 0.05) is 6.20 Å². The average molecular weight is 275 g/mol. The van der Waals surface area contributed by atoms with Gasteiger partial charge in [0.1, 0.15) is 6.33 Å². The largest absolute Gasteiger partial charge is 0.391 e. The van der Waals surface area contributed by atoms with Gasteiger partial charge in [-0.3, -0.25) is 4.79 Å². The van der Waals surface area contributed by atoms with E-state index in [1.54, 1.807) is 6.92 Å². The third-order valence-corrected chi connectivity index (χ3v) is 3.84. The van der Waals surface area contributed by atoms with Crippen LogP contribution in [0.1, 0.15) is 41.7 Å². The van der Waals surface area contributed by atoms with Gasteiger partial charge in [0.05, 0.1) is 23.4 Å². The second kappa shape index (κ2) is 5.16. The Morgan fingerprint density at radius 3 is 3.00 bits per heavy atom. The highest BCUT2D eigenvalue weighted by Crippen LogP contribution is 2.19. The molecule has 3 rings (SSSR count). The van der Waals surface area contributed by atoms with E-state index in [-0.39, 0.29) is 11.9 Å². The van der Waals surface area contributed by atoms with E-state index < -0.39 is 6.10 Å². The summed E-state index contributed by atoms with van der Waals surface area (Å²) in [6.07, 6.45) is 6.04. The summed E-state index contributed by atoms with van der Waals surface area (Å²) in [5, 5.41) is 16.8. The van der Waals surface area contributed by atoms with Crippen LogP contribution in [-0.2, 0) is 0 Å². The number of hydrogen-bond acceptors (Lipinski definition) is 5. The zero-order valence-corrected chi connectivity index (χ0v) is 11.3. The fourth-order valence-corrected chi connectivity index (χ4v) is 2.64. The first-order valence-electron chi connectivity index (χ1n) is 6.81. The summed E-state index contributed by atoms with van der Waals surface area (Å²) in [6, 6.07) is -0.179. The lowest BCUT2D eigenvalue weighted by atomic mass is 9.92. The van der Waals surface area contributed by atoms with E-state index in [2.05, 4.69) is 20.4 Å². The van der Waals surface area contributed by atoms with Crippen molar-refractivity contribution in [2.45, 2.75) is 44.8 Å². The monoisotopic (exact) mass is 275 g/mol. The van der Waals surface area contributed by atoms with Crippen molar-refractivity contribution in [2.75, 3.05) is 0 Å². The summed E-state index contributed by atoms with van der Waals surface area (Å²) in [4.78, 5) is 20.4. The van der Waals surface area contributed by atoms with Crippen LogP contribution in [0.5, 0.6) is 0 Å². The maximum atomic E-state index is 12.3. The Balaban J connectivity index is 1.83. The molecule has 1 saturated carbocycles. The Labute approximate surface area is 116 Å². The van der Waals surface area contributed by atoms with Gasteiger partial charge < -0.3 is 10.4 Å². The molecule has 0 aromatic carbocycles. The van der Waals surface area contributed by atoms with Crippen LogP contribution in [0, 0.1) is 6.92 Å². The molecule has 20 heavy (non-hydrogen) atoms. The standard InChI is InChI=1S/C13H17N5O2/c1-8-9(6-14-13-15-7-16-18(8)13)12(20)17-10-4-2-3-5-11(10)19/h6-7,10-11,19H,2-5H2,1H3,(H,17,20). The molecule has 0 saturated heterocycles. The highest BCUT2D eigenvalue weighted by atomic mass is 16.3. The van der Waals surface area contributed by atoms with Crippen molar-refractivity contribution in [3.8, 4) is 0 Å². The van der Waals surface area contributed by atoms with Crippen molar-refractivity contribution in [3.05, 3.63) is 23.8 Å². The molecule has 1 fully saturated rings. The molecule has 1 amide bonds. The van der Waals surface area contributed by atoms with E-state index in [4.69, 9.17) is 0 Å². The van der Waals surface area contributed by atoms with Crippen LogP contribution in [0.25, 0.3) is 5.78 Å². The molecule has 7 nitrogen and oxygen atoms in total. The van der Waals surface area contributed by atoms with Crippen molar-refractivity contribution in [3.63, 3.8) is 0 Å². The predicted octanol–water partition coefficient (Wildman–Crippen LogP) is 0.466. The Morgan fingerprint density at radius 1 is 1.40 bits per heavy atom. The number of carbonyl (C=O) groups excluding carboxylic acids is 1. The average Bonchev–Trinajstić information content (AvgIpc) is 2.91. The summed E-state index contributed by atoms with van der Waals surface area (Å²) >= 11 is 0. The molecule has 0 aliphatic heterocycles. The van der Waals surface area contributed by atoms with Crippen molar-refractivity contribution in [1.29, 1.82) is 0 Å². The summed E-state index contributed by atoms with van der Waals surface area (Å²) in [5.74, 6) is 0.245. The first kappa shape index (κ1) is 13.0. The number of aliphatic hydroxyl groups excluding tert-OH is 1. The number of nitrogens with zero attached hydrogens (tertiary/aromatic N) is 4. The fraction of sp³-hybridized carbons (Fsp3) is 0.538. The van der Waals surface area contributed by atoms with E-state index in [0.29, 0.717) is 17.0 Å². The smallest absolute Gasteiger partial charge is 0.255 e. The molecule has 7 heteroatoms. The SMILES string of the molecule is Cc1c(C(=O)NC2CCCCC2O)cnc2ncnn12. The number of nitrogens with one attached hydrogen (secondary N) is 1. The van der Waals surface area contributed by atoms with Crippen LogP contribution in [0.2, 0.25) is 0 Å². The van der Waals surface area contributed by atoms with Crippen LogP contribution in [0.15, 0.2) is 12.5 Å². The maximum Gasteiger partial charge on any atom is 0.255 e. The lowest BCUT2D eigenvalue weighted by Crippen LogP contribution is -2.45. The Bertz CT molecular complexity index is 639. The van der Waals surface area contributed by atoms with Gasteiger partial charge >= 0.3 is 0 Å². The Morgan fingerprint density at radius 2 is 2.20 bits per heavy atom. The van der Waals surface area contributed by atoms with E-state index in [9.17, 15) is 9.90 Å². The van der Waals surface area contributed by atoms with Crippen LogP contribution < -0.4 is 5.32 Å². The van der Waals surface area contributed by atoms with Gasteiger partial charge in [-0.2, -0.15) is 10.1 Å². The zero-order chi connectivity index (χ0) is 14.1. The van der Waals surface area contributed by atoms with Gasteiger partial charge in [0.25, 0.3) is 11.7 Å². The second-order valence-corrected chi connectivity index (χ2v) is 5.16. The van der Waals surface area contributed by atoms with E-state index in [0.717, 1.165) is 25.7 Å². The topological polar surface area (TPSA) is 92.4 Å². The van der Waals surface area contributed by atoms with Crippen molar-refractivity contribution in [2.24, 2.45) is 0 Å². The number of hydrogen-bond donors (Lipinski definition) is 2. The number of aromatic nitrogens is 4. The van der Waals surface area contributed by atoms with Crippen LogP contribution >= 0.6 is 0 Å². The maximum absolute atomic E-state index is 12.3. The molecule has 2 unspecified atom stereocenters. The normalized spacial score (nSPS) is 22.9. The molecule has 2 aromatic rings. The number of carbonyl (C=O) groups is 1. The van der Waals surface area contributed by atoms with Crippen molar-refractivity contribution < 1.29 is 9.90 Å². The summed E-state index contributed by atoms with van der Waals surface area (Å²) in [5.41, 5.74) is 1.15. The van der Waals surface area contributed by atoms with Crippen molar-refractivity contribution in [1.82, 2.24) is 24.9 Å². The van der Waals surface area contributed by atoms with Gasteiger partial charge in [-0.15, -0.1) is 0 Å². The highest BCUT2D eigenvalue weighted by Gasteiger charge is 2.25. The van der Waals surface area contributed by atoms with Crippen molar-refractivity contribution >= 4 is 11.7 Å². The minimum Gasteiger partial charge on any atom is -0.391 e. The van der Waals surface area contributed by atoms with Crippen LogP contribution in [0.4, 0.5) is 0 Å². The number of rotatable bonds is 2. The third-order valence-electron chi connectivity index (χ3n) is 3.84. The van der Waals surface area contributed by atoms with Gasteiger partial charge in [-0.05, 0) is 19.8 Å². The second-order valence-electron chi connectivity index (χ2n) is 5.16. The number of aryl methyl sites for hydroxylation is 1. The number of aliphatic hydroxyl groups is 1. The lowest BCUT2D eigenvalue weighted by molar-refractivity contribution is 0.0716. The number of fused-ring (bicyclic) bond motifs is 1. The molecule has 106 valence electrons. The quantitative estimate of drug-likeness (QED) is 0.831. The van der Waals surface area contributed by atoms with Gasteiger partial charge in [-0.1, -0.05) is 12.8 Å². The van der Waals surface area contributed by atoms with Crippen LogP contribution in [-0.4, -0.2) is 42.7 Å². The van der Waals surface area contributed by atoms with E-state index >= 15 is 0 Å². The molecule has 0 bridgehead atoms.